The van der Waals surface area contributed by atoms with Gasteiger partial charge < -0.3 is 20.1 Å². The van der Waals surface area contributed by atoms with Crippen LogP contribution >= 0.6 is 0 Å². The fraction of sp³-hybridized carbons (Fsp3) is 0.300. The number of anilines is 1. The average Bonchev–Trinajstić information content (AvgIpc) is 2.59. The van der Waals surface area contributed by atoms with Crippen LogP contribution in [0.4, 0.5) is 23.7 Å². The van der Waals surface area contributed by atoms with Crippen LogP contribution in [0.5, 0.6) is 5.75 Å². The molecule has 0 unspecified atom stereocenters. The summed E-state index contributed by atoms with van der Waals surface area (Å²) >= 11 is 0. The monoisotopic (exact) mass is 410 g/mol. The van der Waals surface area contributed by atoms with Gasteiger partial charge >= 0.3 is 12.5 Å². The average molecular weight is 410 g/mol. The van der Waals surface area contributed by atoms with Crippen molar-refractivity contribution in [3.8, 4) is 5.75 Å². The van der Waals surface area contributed by atoms with Crippen LogP contribution in [0.3, 0.4) is 0 Å². The third kappa shape index (κ3) is 7.73. The third-order valence-electron chi connectivity index (χ3n) is 3.41. The van der Waals surface area contributed by atoms with Crippen LogP contribution in [0, 0.1) is 0 Å². The zero-order valence-electron chi connectivity index (χ0n) is 16.0. The lowest BCUT2D eigenvalue weighted by atomic mass is 10.1. The Labute approximate surface area is 166 Å². The zero-order chi connectivity index (χ0) is 21.7. The number of carbonyl (C=O) groups is 2. The van der Waals surface area contributed by atoms with Crippen molar-refractivity contribution in [3.05, 3.63) is 60.2 Å². The van der Waals surface area contributed by atoms with Crippen molar-refractivity contribution in [1.82, 2.24) is 5.32 Å². The maximum absolute atomic E-state index is 12.7. The van der Waals surface area contributed by atoms with Gasteiger partial charge in [0.05, 0.1) is 0 Å². The molecule has 0 fully saturated rings. The second-order valence-electron chi connectivity index (χ2n) is 7.05. The number of amides is 2. The molecule has 1 atom stereocenters. The van der Waals surface area contributed by atoms with Gasteiger partial charge in [-0.25, -0.2) is 4.79 Å². The smallest absolute Gasteiger partial charge is 0.444 e. The summed E-state index contributed by atoms with van der Waals surface area (Å²) in [5.74, 6) is -1.01. The Morgan fingerprint density at radius 1 is 0.931 bits per heavy atom. The Kier molecular flexibility index (Phi) is 6.73. The van der Waals surface area contributed by atoms with Crippen molar-refractivity contribution in [2.45, 2.75) is 38.8 Å². The van der Waals surface area contributed by atoms with E-state index in [1.807, 2.05) is 0 Å². The molecule has 0 radical (unpaired) electrons. The van der Waals surface area contributed by atoms with Crippen molar-refractivity contribution in [2.24, 2.45) is 0 Å². The first-order chi connectivity index (χ1) is 13.4. The van der Waals surface area contributed by atoms with Crippen LogP contribution in [0.2, 0.25) is 0 Å². The summed E-state index contributed by atoms with van der Waals surface area (Å²) in [5, 5.41) is 5.06. The maximum atomic E-state index is 12.7. The second-order valence-corrected chi connectivity index (χ2v) is 7.05. The topological polar surface area (TPSA) is 76.7 Å². The van der Waals surface area contributed by atoms with Gasteiger partial charge in [-0.1, -0.05) is 30.3 Å². The molecule has 6 nitrogen and oxygen atoms in total. The SMILES string of the molecule is CC(C)(C)OC(=O)N[C@H](C(=O)Nc1ccc(OC(F)(F)F)cc1)c1ccccc1. The first-order valence-corrected chi connectivity index (χ1v) is 8.64. The maximum Gasteiger partial charge on any atom is 0.573 e. The summed E-state index contributed by atoms with van der Waals surface area (Å²) in [6, 6.07) is 12.1. The first kappa shape index (κ1) is 22.1. The van der Waals surface area contributed by atoms with E-state index in [0.29, 0.717) is 5.56 Å². The highest BCUT2D eigenvalue weighted by Crippen LogP contribution is 2.24. The molecule has 9 heteroatoms. The molecule has 0 bridgehead atoms. The number of alkyl halides is 3. The van der Waals surface area contributed by atoms with E-state index in [1.54, 1.807) is 51.1 Å². The molecular formula is C20H21F3N2O4. The number of halogens is 3. The molecule has 2 aromatic rings. The molecule has 0 aliphatic rings. The number of nitrogens with one attached hydrogen (secondary N) is 2. The summed E-state index contributed by atoms with van der Waals surface area (Å²) in [7, 11) is 0. The molecule has 29 heavy (non-hydrogen) atoms. The molecule has 0 saturated heterocycles. The second kappa shape index (κ2) is 8.85. The lowest BCUT2D eigenvalue weighted by molar-refractivity contribution is -0.274. The molecule has 0 spiro atoms. The van der Waals surface area contributed by atoms with Crippen molar-refractivity contribution in [3.63, 3.8) is 0 Å². The van der Waals surface area contributed by atoms with Gasteiger partial charge in [0.2, 0.25) is 0 Å². The van der Waals surface area contributed by atoms with Gasteiger partial charge in [0.15, 0.2) is 0 Å². The number of hydrogen-bond acceptors (Lipinski definition) is 4. The van der Waals surface area contributed by atoms with E-state index >= 15 is 0 Å². The van der Waals surface area contributed by atoms with Crippen LogP contribution in [0.1, 0.15) is 32.4 Å². The lowest BCUT2D eigenvalue weighted by Crippen LogP contribution is -2.40. The van der Waals surface area contributed by atoms with E-state index in [0.717, 1.165) is 12.1 Å². The van der Waals surface area contributed by atoms with E-state index in [1.165, 1.54) is 12.1 Å². The number of ether oxygens (including phenoxy) is 2. The molecule has 0 aromatic heterocycles. The minimum atomic E-state index is -4.81. The van der Waals surface area contributed by atoms with Gasteiger partial charge in [-0.15, -0.1) is 13.2 Å². The Morgan fingerprint density at radius 2 is 1.52 bits per heavy atom. The fourth-order valence-corrected chi connectivity index (χ4v) is 2.33. The van der Waals surface area contributed by atoms with E-state index in [9.17, 15) is 22.8 Å². The molecule has 2 aromatic carbocycles. The largest absolute Gasteiger partial charge is 0.573 e. The quantitative estimate of drug-likeness (QED) is 0.743. The molecule has 2 amide bonds. The minimum Gasteiger partial charge on any atom is -0.444 e. The summed E-state index contributed by atoms with van der Waals surface area (Å²) in [5.41, 5.74) is -0.0137. The Bertz CT molecular complexity index is 832. The summed E-state index contributed by atoms with van der Waals surface area (Å²) < 4.78 is 45.7. The number of carbonyl (C=O) groups excluding carboxylic acids is 2. The van der Waals surface area contributed by atoms with Gasteiger partial charge in [0.1, 0.15) is 17.4 Å². The summed E-state index contributed by atoms with van der Waals surface area (Å²) in [6.45, 7) is 5.07. The number of rotatable bonds is 5. The van der Waals surface area contributed by atoms with Gasteiger partial charge in [0.25, 0.3) is 5.91 Å². The van der Waals surface area contributed by atoms with Crippen LogP contribution in [-0.4, -0.2) is 24.0 Å². The highest BCUT2D eigenvalue weighted by molar-refractivity contribution is 5.97. The van der Waals surface area contributed by atoms with Gasteiger partial charge in [0, 0.05) is 5.69 Å². The van der Waals surface area contributed by atoms with E-state index in [2.05, 4.69) is 15.4 Å². The van der Waals surface area contributed by atoms with Crippen LogP contribution in [0.15, 0.2) is 54.6 Å². The van der Waals surface area contributed by atoms with E-state index in [-0.39, 0.29) is 5.69 Å². The highest BCUT2D eigenvalue weighted by Gasteiger charge is 2.31. The molecule has 2 rings (SSSR count). The zero-order valence-corrected chi connectivity index (χ0v) is 16.0. The number of alkyl carbamates (subject to hydrolysis) is 1. The van der Waals surface area contributed by atoms with Gasteiger partial charge in [-0.3, -0.25) is 4.79 Å². The normalized spacial score (nSPS) is 12.6. The number of benzene rings is 2. The lowest BCUT2D eigenvalue weighted by Gasteiger charge is -2.23. The van der Waals surface area contributed by atoms with Crippen molar-refractivity contribution in [1.29, 1.82) is 0 Å². The Morgan fingerprint density at radius 3 is 2.03 bits per heavy atom. The van der Waals surface area contributed by atoms with E-state index in [4.69, 9.17) is 4.74 Å². The molecule has 0 aliphatic carbocycles. The van der Waals surface area contributed by atoms with Crippen LogP contribution in [-0.2, 0) is 9.53 Å². The number of hydrogen-bond donors (Lipinski definition) is 2. The van der Waals surface area contributed by atoms with Gasteiger partial charge in [-0.2, -0.15) is 0 Å². The highest BCUT2D eigenvalue weighted by atomic mass is 19.4. The van der Waals surface area contributed by atoms with Crippen LogP contribution in [0.25, 0.3) is 0 Å². The minimum absolute atomic E-state index is 0.233. The predicted octanol–water partition coefficient (Wildman–Crippen LogP) is 4.79. The molecular weight excluding hydrogens is 389 g/mol. The van der Waals surface area contributed by atoms with Crippen molar-refractivity contribution >= 4 is 17.7 Å². The van der Waals surface area contributed by atoms with Gasteiger partial charge in [-0.05, 0) is 50.6 Å². The third-order valence-corrected chi connectivity index (χ3v) is 3.41. The standard InChI is InChI=1S/C20H21F3N2O4/c1-19(2,3)29-18(27)25-16(13-7-5-4-6-8-13)17(26)24-14-9-11-15(12-10-14)28-20(21,22)23/h4-12,16H,1-3H3,(H,24,26)(H,25,27)/t16-/m0/s1. The Hall–Kier alpha value is -3.23. The molecule has 0 aliphatic heterocycles. The summed E-state index contributed by atoms with van der Waals surface area (Å²) in [4.78, 5) is 24.9. The van der Waals surface area contributed by atoms with Crippen molar-refractivity contribution < 1.29 is 32.2 Å². The molecule has 156 valence electrons. The van der Waals surface area contributed by atoms with Crippen molar-refractivity contribution in [2.75, 3.05) is 5.32 Å². The Balaban J connectivity index is 2.14. The van der Waals surface area contributed by atoms with E-state index < -0.39 is 35.8 Å². The fourth-order valence-electron chi connectivity index (χ4n) is 2.33. The molecule has 0 saturated carbocycles. The summed E-state index contributed by atoms with van der Waals surface area (Å²) in [6.07, 6.45) is -5.59. The molecule has 2 N–H and O–H groups in total. The first-order valence-electron chi connectivity index (χ1n) is 8.64. The van der Waals surface area contributed by atoms with Crippen LogP contribution < -0.4 is 15.4 Å². The molecule has 0 heterocycles. The predicted molar refractivity (Wildman–Crippen MR) is 100 cm³/mol.